The molecule has 0 aromatic heterocycles. The van der Waals surface area contributed by atoms with E-state index < -0.39 is 0 Å². The molecule has 1 fully saturated rings. The molecule has 1 N–H and O–H groups in total. The van der Waals surface area contributed by atoms with Crippen molar-refractivity contribution in [2.45, 2.75) is 25.0 Å². The van der Waals surface area contributed by atoms with Crippen LogP contribution < -0.4 is 5.32 Å². The number of rotatable bonds is 1. The second kappa shape index (κ2) is 3.78. The van der Waals surface area contributed by atoms with Gasteiger partial charge in [0.2, 0.25) is 0 Å². The van der Waals surface area contributed by atoms with Gasteiger partial charge in [-0.2, -0.15) is 0 Å². The molecule has 3 heteroatoms. The van der Waals surface area contributed by atoms with Crippen LogP contribution in [0.25, 0.3) is 0 Å². The summed E-state index contributed by atoms with van der Waals surface area (Å²) in [5.41, 5.74) is 2.68. The summed E-state index contributed by atoms with van der Waals surface area (Å²) in [5.74, 6) is 0. The zero-order valence-electron chi connectivity index (χ0n) is 8.50. The number of fused-ring (bicyclic) bond motifs is 1. The Hall–Kier alpha value is -0.570. The molecule has 1 saturated heterocycles. The highest BCUT2D eigenvalue weighted by Gasteiger charge is 2.32. The second-order valence-corrected chi connectivity index (χ2v) is 4.67. The predicted molar refractivity (Wildman–Crippen MR) is 60.3 cm³/mol. The Labute approximate surface area is 94.6 Å². The Bertz CT molecular complexity index is 376. The van der Waals surface area contributed by atoms with E-state index in [0.29, 0.717) is 6.04 Å². The van der Waals surface area contributed by atoms with Crippen LogP contribution in [0.15, 0.2) is 18.2 Å². The molecule has 0 aliphatic carbocycles. The van der Waals surface area contributed by atoms with Crippen molar-refractivity contribution in [2.24, 2.45) is 0 Å². The smallest absolute Gasteiger partial charge is 0.0981 e. The van der Waals surface area contributed by atoms with Crippen molar-refractivity contribution in [3.63, 3.8) is 0 Å². The van der Waals surface area contributed by atoms with Crippen molar-refractivity contribution in [1.29, 1.82) is 0 Å². The van der Waals surface area contributed by atoms with Gasteiger partial charge in [0.1, 0.15) is 0 Å². The molecule has 0 saturated carbocycles. The summed E-state index contributed by atoms with van der Waals surface area (Å²) in [6.07, 6.45) is 2.42. The van der Waals surface area contributed by atoms with Crippen LogP contribution in [0.3, 0.4) is 0 Å². The zero-order chi connectivity index (χ0) is 10.3. The summed E-state index contributed by atoms with van der Waals surface area (Å²) in [6.45, 7) is 1.94. The summed E-state index contributed by atoms with van der Waals surface area (Å²) in [4.78, 5) is 0. The molecule has 2 aliphatic rings. The molecule has 3 rings (SSSR count). The van der Waals surface area contributed by atoms with Gasteiger partial charge in [0, 0.05) is 11.1 Å². The molecular weight excluding hydrogens is 210 g/mol. The molecule has 2 nitrogen and oxygen atoms in total. The number of hydrogen-bond acceptors (Lipinski definition) is 2. The largest absolute Gasteiger partial charge is 0.372 e. The molecule has 1 aromatic rings. The molecule has 1 aromatic carbocycles. The fraction of sp³-hybridized carbons (Fsp3) is 0.500. The van der Waals surface area contributed by atoms with Gasteiger partial charge in [0.15, 0.2) is 0 Å². The standard InChI is InChI=1S/C12H14ClNO/c13-9-2-1-8-4-6-15-12(10(8)7-9)11-3-5-14-11/h1-2,7,11-12,14H,3-6H2/t11-,12+/m0/s1. The van der Waals surface area contributed by atoms with Gasteiger partial charge in [-0.1, -0.05) is 17.7 Å². The lowest BCUT2D eigenvalue weighted by atomic mass is 9.89. The lowest BCUT2D eigenvalue weighted by Crippen LogP contribution is -2.48. The van der Waals surface area contributed by atoms with E-state index in [1.54, 1.807) is 0 Å². The lowest BCUT2D eigenvalue weighted by molar-refractivity contribution is -0.00148. The number of halogens is 1. The van der Waals surface area contributed by atoms with Crippen LogP contribution in [0.1, 0.15) is 23.7 Å². The van der Waals surface area contributed by atoms with E-state index in [9.17, 15) is 0 Å². The molecule has 0 spiro atoms. The first-order valence-electron chi connectivity index (χ1n) is 5.48. The van der Waals surface area contributed by atoms with Crippen LogP contribution in [0.4, 0.5) is 0 Å². The second-order valence-electron chi connectivity index (χ2n) is 4.23. The minimum Gasteiger partial charge on any atom is -0.372 e. The Kier molecular flexibility index (Phi) is 2.43. The third-order valence-corrected chi connectivity index (χ3v) is 3.55. The lowest BCUT2D eigenvalue weighted by Gasteiger charge is -2.38. The molecule has 0 bridgehead atoms. The Morgan fingerprint density at radius 3 is 3.00 bits per heavy atom. The topological polar surface area (TPSA) is 21.3 Å². The average Bonchev–Trinajstić information content (AvgIpc) is 2.16. The molecule has 0 amide bonds. The van der Waals surface area contributed by atoms with Crippen molar-refractivity contribution >= 4 is 11.6 Å². The van der Waals surface area contributed by atoms with E-state index in [4.69, 9.17) is 16.3 Å². The summed E-state index contributed by atoms with van der Waals surface area (Å²) in [5, 5.41) is 4.22. The first-order valence-corrected chi connectivity index (χ1v) is 5.86. The molecule has 0 radical (unpaired) electrons. The van der Waals surface area contributed by atoms with Crippen molar-refractivity contribution in [1.82, 2.24) is 5.32 Å². The molecule has 0 unspecified atom stereocenters. The van der Waals surface area contributed by atoms with Gasteiger partial charge >= 0.3 is 0 Å². The number of nitrogens with one attached hydrogen (secondary N) is 1. The van der Waals surface area contributed by atoms with Crippen LogP contribution in [0.5, 0.6) is 0 Å². The zero-order valence-corrected chi connectivity index (χ0v) is 9.26. The number of benzene rings is 1. The summed E-state index contributed by atoms with van der Waals surface area (Å²) in [7, 11) is 0. The fourth-order valence-corrected chi connectivity index (χ4v) is 2.53. The molecule has 2 atom stereocenters. The SMILES string of the molecule is Clc1ccc2c(c1)[C@H]([C@@H]1CCN1)OCC2. The minimum absolute atomic E-state index is 0.209. The fourth-order valence-electron chi connectivity index (χ4n) is 2.35. The van der Waals surface area contributed by atoms with Gasteiger partial charge in [0.05, 0.1) is 12.7 Å². The first kappa shape index (κ1) is 9.64. The van der Waals surface area contributed by atoms with E-state index in [2.05, 4.69) is 17.4 Å². The highest BCUT2D eigenvalue weighted by atomic mass is 35.5. The third kappa shape index (κ3) is 1.67. The predicted octanol–water partition coefficient (Wildman–Crippen LogP) is 2.32. The average molecular weight is 224 g/mol. The Morgan fingerprint density at radius 2 is 2.27 bits per heavy atom. The molecular formula is C12H14ClNO. The first-order chi connectivity index (χ1) is 7.34. The Balaban J connectivity index is 1.96. The van der Waals surface area contributed by atoms with Gasteiger partial charge in [-0.3, -0.25) is 0 Å². The number of hydrogen-bond donors (Lipinski definition) is 1. The highest BCUT2D eigenvalue weighted by Crippen LogP contribution is 2.34. The van der Waals surface area contributed by atoms with Crippen LogP contribution >= 0.6 is 11.6 Å². The van der Waals surface area contributed by atoms with Gasteiger partial charge < -0.3 is 10.1 Å². The molecule has 15 heavy (non-hydrogen) atoms. The maximum absolute atomic E-state index is 6.03. The third-order valence-electron chi connectivity index (χ3n) is 3.31. The normalized spacial score (nSPS) is 29.4. The van der Waals surface area contributed by atoms with Crippen molar-refractivity contribution in [3.05, 3.63) is 34.3 Å². The van der Waals surface area contributed by atoms with Gasteiger partial charge in [-0.25, -0.2) is 0 Å². The Morgan fingerprint density at radius 1 is 1.40 bits per heavy atom. The summed E-state index contributed by atoms with van der Waals surface area (Å²) in [6, 6.07) is 6.64. The van der Waals surface area contributed by atoms with Crippen molar-refractivity contribution < 1.29 is 4.74 Å². The van der Waals surface area contributed by atoms with E-state index in [1.165, 1.54) is 17.5 Å². The van der Waals surface area contributed by atoms with E-state index in [0.717, 1.165) is 24.6 Å². The monoisotopic (exact) mass is 223 g/mol. The van der Waals surface area contributed by atoms with Crippen molar-refractivity contribution in [2.75, 3.05) is 13.2 Å². The molecule has 2 aliphatic heterocycles. The number of ether oxygens (including phenoxy) is 1. The minimum atomic E-state index is 0.209. The van der Waals surface area contributed by atoms with E-state index >= 15 is 0 Å². The van der Waals surface area contributed by atoms with Crippen LogP contribution in [-0.4, -0.2) is 19.2 Å². The molecule has 2 heterocycles. The van der Waals surface area contributed by atoms with Gasteiger partial charge in [0.25, 0.3) is 0 Å². The van der Waals surface area contributed by atoms with E-state index in [1.807, 2.05) is 6.07 Å². The van der Waals surface area contributed by atoms with Crippen LogP contribution in [0, 0.1) is 0 Å². The van der Waals surface area contributed by atoms with Gasteiger partial charge in [-0.15, -0.1) is 0 Å². The van der Waals surface area contributed by atoms with Crippen LogP contribution in [-0.2, 0) is 11.2 Å². The van der Waals surface area contributed by atoms with Crippen molar-refractivity contribution in [3.8, 4) is 0 Å². The van der Waals surface area contributed by atoms with Crippen LogP contribution in [0.2, 0.25) is 5.02 Å². The maximum atomic E-state index is 6.03. The van der Waals surface area contributed by atoms with E-state index in [-0.39, 0.29) is 6.10 Å². The quantitative estimate of drug-likeness (QED) is 0.789. The highest BCUT2D eigenvalue weighted by molar-refractivity contribution is 6.30. The van der Waals surface area contributed by atoms with Gasteiger partial charge in [-0.05, 0) is 42.6 Å². The summed E-state index contributed by atoms with van der Waals surface area (Å²) < 4.78 is 5.84. The summed E-state index contributed by atoms with van der Waals surface area (Å²) >= 11 is 6.03. The maximum Gasteiger partial charge on any atom is 0.0981 e. The molecule has 80 valence electrons.